The van der Waals surface area contributed by atoms with E-state index < -0.39 is 0 Å². The lowest BCUT2D eigenvalue weighted by Crippen LogP contribution is -2.15. The van der Waals surface area contributed by atoms with Crippen molar-refractivity contribution in [1.29, 1.82) is 0 Å². The zero-order valence-corrected chi connectivity index (χ0v) is 8.55. The highest BCUT2D eigenvalue weighted by Gasteiger charge is 2.22. The summed E-state index contributed by atoms with van der Waals surface area (Å²) in [6.07, 6.45) is 4.77. The molecule has 0 heterocycles. The molecule has 0 N–H and O–H groups in total. The summed E-state index contributed by atoms with van der Waals surface area (Å²) in [6.45, 7) is 6.70. The molecule has 1 aliphatic rings. The van der Waals surface area contributed by atoms with Crippen molar-refractivity contribution in [2.45, 2.75) is 33.6 Å². The van der Waals surface area contributed by atoms with Gasteiger partial charge in [0.2, 0.25) is 0 Å². The van der Waals surface area contributed by atoms with Crippen molar-refractivity contribution in [3.05, 3.63) is 17.8 Å². The van der Waals surface area contributed by atoms with Crippen LogP contribution in [-0.2, 0) is 4.74 Å². The minimum Gasteiger partial charge on any atom is -0.501 e. The Morgan fingerprint density at radius 2 is 2.17 bits per heavy atom. The van der Waals surface area contributed by atoms with Gasteiger partial charge in [-0.3, -0.25) is 0 Å². The summed E-state index contributed by atoms with van der Waals surface area (Å²) in [5, 5.41) is 0. The van der Waals surface area contributed by atoms with Gasteiger partial charge in [0.15, 0.2) is 0 Å². The molecule has 1 unspecified atom stereocenters. The van der Waals surface area contributed by atoms with Crippen molar-refractivity contribution in [2.75, 3.05) is 7.11 Å². The van der Waals surface area contributed by atoms with Crippen LogP contribution in [0.3, 0.4) is 0 Å². The third-order valence-corrected chi connectivity index (χ3v) is 2.71. The van der Waals surface area contributed by atoms with Gasteiger partial charge in [0.05, 0.1) is 12.9 Å². The largest absolute Gasteiger partial charge is 0.501 e. The fraction of sp³-hybridized carbons (Fsp3) is 0.727. The molecule has 1 aliphatic carbocycles. The van der Waals surface area contributed by atoms with Gasteiger partial charge in [-0.2, -0.15) is 0 Å². The van der Waals surface area contributed by atoms with E-state index in [1.54, 1.807) is 7.11 Å². The minimum absolute atomic E-state index is 0.712. The Hall–Kier alpha value is -0.460. The van der Waals surface area contributed by atoms with Crippen LogP contribution in [0.15, 0.2) is 11.8 Å². The third kappa shape index (κ3) is 2.02. The summed E-state index contributed by atoms with van der Waals surface area (Å²) in [6, 6.07) is 0. The number of hydrogen-bond donors (Lipinski definition) is 0. The summed E-state index contributed by atoms with van der Waals surface area (Å²) in [5.74, 6) is 3.96. The lowest BCUT2D eigenvalue weighted by atomic mass is 9.82. The molecule has 0 fully saturated rings. The highest BCUT2D eigenvalue weighted by molar-refractivity contribution is 5.20. The van der Waals surface area contributed by atoms with Crippen LogP contribution in [0.1, 0.15) is 33.6 Å². The van der Waals surface area contributed by atoms with E-state index in [1.165, 1.54) is 18.8 Å². The molecular formula is C11H19O. The standard InChI is InChI=1S/C11H19O/c1-8(2)10-6-5-9(3)11(7-10)12-4/h7-8,10H,5-6H2,1-4H3. The van der Waals surface area contributed by atoms with Crippen LogP contribution in [0, 0.1) is 17.8 Å². The second kappa shape index (κ2) is 3.97. The Morgan fingerprint density at radius 1 is 1.50 bits per heavy atom. The van der Waals surface area contributed by atoms with Crippen LogP contribution in [0.4, 0.5) is 0 Å². The molecule has 1 radical (unpaired) electrons. The number of hydrogen-bond acceptors (Lipinski definition) is 1. The molecule has 0 aliphatic heterocycles. The Labute approximate surface area is 75.8 Å². The molecule has 0 aromatic rings. The summed E-state index contributed by atoms with van der Waals surface area (Å²) in [4.78, 5) is 0. The van der Waals surface area contributed by atoms with Crippen LogP contribution in [0.25, 0.3) is 0 Å². The average Bonchev–Trinajstić information content (AvgIpc) is 2.05. The lowest BCUT2D eigenvalue weighted by molar-refractivity contribution is 0.261. The molecular weight excluding hydrogens is 148 g/mol. The Balaban J connectivity index is 2.66. The second-order valence-electron chi connectivity index (χ2n) is 3.96. The van der Waals surface area contributed by atoms with E-state index in [9.17, 15) is 0 Å². The van der Waals surface area contributed by atoms with E-state index in [-0.39, 0.29) is 0 Å². The number of ether oxygens (including phenoxy) is 1. The maximum Gasteiger partial charge on any atom is 0.0987 e. The van der Waals surface area contributed by atoms with Crippen molar-refractivity contribution < 1.29 is 4.74 Å². The molecule has 0 saturated heterocycles. The SMILES string of the molecule is COC1=CC(C(C)C)CC[C]1C. The van der Waals surface area contributed by atoms with E-state index in [4.69, 9.17) is 4.74 Å². The molecule has 0 spiro atoms. The topological polar surface area (TPSA) is 9.23 Å². The molecule has 1 nitrogen and oxygen atoms in total. The molecule has 12 heavy (non-hydrogen) atoms. The maximum atomic E-state index is 5.31. The van der Waals surface area contributed by atoms with E-state index >= 15 is 0 Å². The van der Waals surface area contributed by atoms with Gasteiger partial charge in [-0.05, 0) is 30.8 Å². The predicted octanol–water partition coefficient (Wildman–Crippen LogP) is 3.18. The zero-order valence-electron chi connectivity index (χ0n) is 8.55. The minimum atomic E-state index is 0.712. The first-order valence-electron chi connectivity index (χ1n) is 4.73. The van der Waals surface area contributed by atoms with Crippen LogP contribution >= 0.6 is 0 Å². The highest BCUT2D eigenvalue weighted by atomic mass is 16.5. The Kier molecular flexibility index (Phi) is 3.19. The molecule has 0 aromatic carbocycles. The molecule has 0 bridgehead atoms. The van der Waals surface area contributed by atoms with Crippen molar-refractivity contribution in [3.8, 4) is 0 Å². The third-order valence-electron chi connectivity index (χ3n) is 2.71. The zero-order chi connectivity index (χ0) is 9.14. The normalized spacial score (nSPS) is 25.8. The van der Waals surface area contributed by atoms with Gasteiger partial charge in [-0.1, -0.05) is 20.8 Å². The fourth-order valence-electron chi connectivity index (χ4n) is 1.69. The van der Waals surface area contributed by atoms with Crippen molar-refractivity contribution in [1.82, 2.24) is 0 Å². The second-order valence-corrected chi connectivity index (χ2v) is 3.96. The van der Waals surface area contributed by atoms with Gasteiger partial charge in [0.25, 0.3) is 0 Å². The van der Waals surface area contributed by atoms with Gasteiger partial charge in [0, 0.05) is 5.92 Å². The summed E-state index contributed by atoms with van der Waals surface area (Å²) in [7, 11) is 1.76. The Bertz CT molecular complexity index is 170. The molecule has 1 heteroatoms. The van der Waals surface area contributed by atoms with E-state index in [0.717, 1.165) is 11.7 Å². The molecule has 0 saturated carbocycles. The van der Waals surface area contributed by atoms with Gasteiger partial charge in [0.1, 0.15) is 0 Å². The average molecular weight is 167 g/mol. The monoisotopic (exact) mass is 167 g/mol. The van der Waals surface area contributed by atoms with Crippen LogP contribution in [0.2, 0.25) is 0 Å². The molecule has 1 atom stereocenters. The first kappa shape index (κ1) is 9.63. The number of rotatable bonds is 2. The van der Waals surface area contributed by atoms with Crippen LogP contribution < -0.4 is 0 Å². The Morgan fingerprint density at radius 3 is 2.67 bits per heavy atom. The maximum absolute atomic E-state index is 5.31. The van der Waals surface area contributed by atoms with Crippen molar-refractivity contribution in [2.24, 2.45) is 11.8 Å². The van der Waals surface area contributed by atoms with Crippen LogP contribution in [0.5, 0.6) is 0 Å². The molecule has 69 valence electrons. The first-order valence-corrected chi connectivity index (χ1v) is 4.73. The highest BCUT2D eigenvalue weighted by Crippen LogP contribution is 2.33. The van der Waals surface area contributed by atoms with Gasteiger partial charge >= 0.3 is 0 Å². The summed E-state index contributed by atoms with van der Waals surface area (Å²) >= 11 is 0. The molecule has 0 aromatic heterocycles. The smallest absolute Gasteiger partial charge is 0.0987 e. The number of methoxy groups -OCH3 is 1. The first-order chi connectivity index (χ1) is 5.65. The van der Waals surface area contributed by atoms with Gasteiger partial charge < -0.3 is 4.74 Å². The van der Waals surface area contributed by atoms with Gasteiger partial charge in [-0.15, -0.1) is 0 Å². The fourth-order valence-corrected chi connectivity index (χ4v) is 1.69. The predicted molar refractivity (Wildman–Crippen MR) is 51.6 cm³/mol. The number of allylic oxidation sites excluding steroid dienone is 2. The quantitative estimate of drug-likeness (QED) is 0.613. The van der Waals surface area contributed by atoms with Crippen LogP contribution in [-0.4, -0.2) is 7.11 Å². The van der Waals surface area contributed by atoms with Crippen molar-refractivity contribution in [3.63, 3.8) is 0 Å². The van der Waals surface area contributed by atoms with Crippen molar-refractivity contribution >= 4 is 0 Å². The lowest BCUT2D eigenvalue weighted by Gasteiger charge is -2.27. The molecule has 1 rings (SSSR count). The van der Waals surface area contributed by atoms with Gasteiger partial charge in [-0.25, -0.2) is 0 Å². The van der Waals surface area contributed by atoms with E-state index in [0.29, 0.717) is 5.92 Å². The summed E-state index contributed by atoms with van der Waals surface area (Å²) in [5.41, 5.74) is 0. The van der Waals surface area contributed by atoms with E-state index in [2.05, 4.69) is 26.8 Å². The molecule has 0 amide bonds. The van der Waals surface area contributed by atoms with E-state index in [1.807, 2.05) is 0 Å². The summed E-state index contributed by atoms with van der Waals surface area (Å²) < 4.78 is 5.31.